The minimum Gasteiger partial charge on any atom is -0.478 e. The number of hydrogen-bond donors (Lipinski definition) is 1. The first-order valence-corrected chi connectivity index (χ1v) is 14.1. The van der Waals surface area contributed by atoms with Crippen molar-refractivity contribution in [1.29, 1.82) is 0 Å². The highest BCUT2D eigenvalue weighted by Gasteiger charge is 2.44. The maximum absolute atomic E-state index is 16.2. The predicted molar refractivity (Wildman–Crippen MR) is 148 cm³/mol. The molecule has 3 aromatic carbocycles. The number of carbonyl (C=O) groups is 1. The van der Waals surface area contributed by atoms with Crippen molar-refractivity contribution in [2.45, 2.75) is 57.5 Å². The number of hydrogen-bond acceptors (Lipinski definition) is 4. The Labute approximate surface area is 225 Å². The summed E-state index contributed by atoms with van der Waals surface area (Å²) in [6, 6.07) is 20.0. The lowest BCUT2D eigenvalue weighted by Crippen LogP contribution is -2.47. The zero-order valence-corrected chi connectivity index (χ0v) is 23.9. The van der Waals surface area contributed by atoms with Crippen molar-refractivity contribution >= 4 is 21.4 Å². The van der Waals surface area contributed by atoms with E-state index in [2.05, 4.69) is 20.8 Å². The van der Waals surface area contributed by atoms with Crippen molar-refractivity contribution in [2.24, 2.45) is 0 Å². The first kappa shape index (κ1) is 27.9. The summed E-state index contributed by atoms with van der Waals surface area (Å²) in [5.74, 6) is -4.12. The number of rotatable bonds is 7. The minimum atomic E-state index is -1.54. The van der Waals surface area contributed by atoms with E-state index in [9.17, 15) is 9.90 Å². The van der Waals surface area contributed by atoms with E-state index in [0.29, 0.717) is 24.2 Å². The first-order valence-electron chi connectivity index (χ1n) is 12.8. The summed E-state index contributed by atoms with van der Waals surface area (Å²) in [7, 11) is -1.31. The first-order chi connectivity index (χ1) is 17.9. The number of morpholine rings is 1. The summed E-state index contributed by atoms with van der Waals surface area (Å²) >= 11 is 0. The number of carboxylic acids is 1. The van der Waals surface area contributed by atoms with Crippen molar-refractivity contribution in [3.8, 4) is 0 Å². The molecule has 1 heterocycles. The van der Waals surface area contributed by atoms with E-state index in [1.165, 1.54) is 6.07 Å². The molecule has 0 unspecified atom stereocenters. The molecule has 38 heavy (non-hydrogen) atoms. The van der Waals surface area contributed by atoms with E-state index in [-0.39, 0.29) is 28.5 Å². The zero-order chi connectivity index (χ0) is 27.7. The van der Waals surface area contributed by atoms with Crippen LogP contribution < -0.4 is 4.90 Å². The average Bonchev–Trinajstić information content (AvgIpc) is 2.86. The Bertz CT molecular complexity index is 1230. The van der Waals surface area contributed by atoms with Crippen LogP contribution >= 0.6 is 0 Å². The maximum Gasteiger partial charge on any atom is 0.338 e. The second kappa shape index (κ2) is 11.0. The molecule has 1 saturated heterocycles. The molecule has 0 aliphatic carbocycles. The van der Waals surface area contributed by atoms with Gasteiger partial charge in [-0.25, -0.2) is 13.6 Å². The van der Waals surface area contributed by atoms with Gasteiger partial charge in [0.1, 0.15) is 5.60 Å². The lowest BCUT2D eigenvalue weighted by atomic mass is 9.78. The molecule has 3 aromatic rings. The Hall–Kier alpha value is -3.07. The normalized spacial score (nSPS) is 18.8. The van der Waals surface area contributed by atoms with Crippen LogP contribution in [0, 0.1) is 11.6 Å². The van der Waals surface area contributed by atoms with Gasteiger partial charge in [-0.15, -0.1) is 0 Å². The molecule has 0 aromatic heterocycles. The standard InChI is InChI=1S/C30H35F2NO4Si/c1-19-17-33(18-20(2)36-19)27-24(16-23(28(34)35)25(31)26(27)32)30(37-38-29(3,4)5,21-12-8-6-9-13-21)22-14-10-7-11-15-22/h6-16,19-20H,17-18,38H2,1-5H3,(H,34,35)/t19-,20+. The van der Waals surface area contributed by atoms with E-state index in [4.69, 9.17) is 9.16 Å². The fraction of sp³-hybridized carbons (Fsp3) is 0.367. The van der Waals surface area contributed by atoms with Crippen molar-refractivity contribution < 1.29 is 27.8 Å². The summed E-state index contributed by atoms with van der Waals surface area (Å²) in [6.07, 6.45) is -0.470. The SMILES string of the molecule is C[C@@H]1CN(c2c(C(O[SiH2]C(C)(C)C)(c3ccccc3)c3ccccc3)cc(C(=O)O)c(F)c2F)C[C@H](C)O1. The van der Waals surface area contributed by atoms with Gasteiger partial charge in [-0.3, -0.25) is 0 Å². The third-order valence-corrected chi connectivity index (χ3v) is 8.05. The number of nitrogens with zero attached hydrogens (tertiary/aromatic N) is 1. The van der Waals surface area contributed by atoms with E-state index in [1.54, 1.807) is 4.90 Å². The molecule has 0 spiro atoms. The summed E-state index contributed by atoms with van der Waals surface area (Å²) in [5, 5.41) is 9.75. The summed E-state index contributed by atoms with van der Waals surface area (Å²) in [6.45, 7) is 10.6. The molecule has 0 bridgehead atoms. The highest BCUT2D eigenvalue weighted by Crippen LogP contribution is 2.47. The van der Waals surface area contributed by atoms with Crippen LogP contribution in [0.4, 0.5) is 14.5 Å². The predicted octanol–water partition coefficient (Wildman–Crippen LogP) is 5.89. The molecule has 4 rings (SSSR count). The van der Waals surface area contributed by atoms with E-state index in [0.717, 1.165) is 0 Å². The number of halogens is 2. The Morgan fingerprint density at radius 1 is 0.947 bits per heavy atom. The smallest absolute Gasteiger partial charge is 0.338 e. The third-order valence-electron chi connectivity index (χ3n) is 6.61. The van der Waals surface area contributed by atoms with Crippen molar-refractivity contribution in [2.75, 3.05) is 18.0 Å². The fourth-order valence-corrected chi connectivity index (χ4v) is 6.24. The van der Waals surface area contributed by atoms with Gasteiger partial charge in [-0.2, -0.15) is 0 Å². The van der Waals surface area contributed by atoms with Crippen molar-refractivity contribution in [3.63, 3.8) is 0 Å². The molecular weight excluding hydrogens is 504 g/mol. The molecule has 1 N–H and O–H groups in total. The minimum absolute atomic E-state index is 0.00474. The lowest BCUT2D eigenvalue weighted by Gasteiger charge is -2.43. The van der Waals surface area contributed by atoms with Crippen LogP contribution in [0.5, 0.6) is 0 Å². The zero-order valence-electron chi connectivity index (χ0n) is 22.5. The number of carboxylic acid groups (broad SMARTS) is 1. The maximum atomic E-state index is 16.2. The van der Waals surface area contributed by atoms with Crippen LogP contribution in [0.15, 0.2) is 66.7 Å². The van der Waals surface area contributed by atoms with Gasteiger partial charge in [0.05, 0.1) is 23.5 Å². The van der Waals surface area contributed by atoms with Gasteiger partial charge in [-0.1, -0.05) is 81.4 Å². The number of aromatic carboxylic acids is 1. The van der Waals surface area contributed by atoms with Gasteiger partial charge < -0.3 is 19.2 Å². The van der Waals surface area contributed by atoms with Gasteiger partial charge in [0.25, 0.3) is 0 Å². The Morgan fingerprint density at radius 2 is 1.45 bits per heavy atom. The van der Waals surface area contributed by atoms with E-state index < -0.39 is 38.5 Å². The van der Waals surface area contributed by atoms with Crippen molar-refractivity contribution in [3.05, 3.63) is 101 Å². The fourth-order valence-electron chi connectivity index (χ4n) is 5.10. The molecule has 1 fully saturated rings. The van der Waals surface area contributed by atoms with Crippen LogP contribution in [-0.2, 0) is 14.8 Å². The molecule has 0 radical (unpaired) electrons. The summed E-state index contributed by atoms with van der Waals surface area (Å²) in [4.78, 5) is 13.9. The van der Waals surface area contributed by atoms with Gasteiger partial charge in [0.15, 0.2) is 21.4 Å². The highest BCUT2D eigenvalue weighted by molar-refractivity contribution is 6.32. The quantitative estimate of drug-likeness (QED) is 0.300. The number of anilines is 1. The molecule has 8 heteroatoms. The largest absolute Gasteiger partial charge is 0.478 e. The van der Waals surface area contributed by atoms with Crippen LogP contribution in [0.25, 0.3) is 0 Å². The second-order valence-corrected chi connectivity index (χ2v) is 13.9. The molecular formula is C30H35F2NO4Si. The highest BCUT2D eigenvalue weighted by atomic mass is 28.2. The molecule has 1 aliphatic rings. The second-order valence-electron chi connectivity index (χ2n) is 11.2. The van der Waals surface area contributed by atoms with Crippen LogP contribution in [0.2, 0.25) is 5.04 Å². The van der Waals surface area contributed by atoms with Crippen LogP contribution in [0.1, 0.15) is 61.7 Å². The van der Waals surface area contributed by atoms with Crippen LogP contribution in [0.3, 0.4) is 0 Å². The van der Waals surface area contributed by atoms with Gasteiger partial charge in [0.2, 0.25) is 0 Å². The molecule has 2 atom stereocenters. The third kappa shape index (κ3) is 5.53. The molecule has 0 saturated carbocycles. The topological polar surface area (TPSA) is 59.0 Å². The van der Waals surface area contributed by atoms with Gasteiger partial charge in [-0.05, 0) is 36.1 Å². The summed E-state index contributed by atoms with van der Waals surface area (Å²) in [5.41, 5.74) is -0.412. The van der Waals surface area contributed by atoms with Crippen molar-refractivity contribution in [1.82, 2.24) is 0 Å². The van der Waals surface area contributed by atoms with Gasteiger partial charge >= 0.3 is 5.97 Å². The monoisotopic (exact) mass is 539 g/mol. The lowest BCUT2D eigenvalue weighted by molar-refractivity contribution is -0.00568. The molecule has 5 nitrogen and oxygen atoms in total. The van der Waals surface area contributed by atoms with Crippen LogP contribution in [-0.4, -0.2) is 46.1 Å². The van der Waals surface area contributed by atoms with Gasteiger partial charge in [0, 0.05) is 18.7 Å². The Kier molecular flexibility index (Phi) is 8.06. The number of ether oxygens (including phenoxy) is 1. The average molecular weight is 540 g/mol. The Balaban J connectivity index is 2.14. The van der Waals surface area contributed by atoms with E-state index in [1.807, 2.05) is 74.5 Å². The molecule has 1 aliphatic heterocycles. The van der Waals surface area contributed by atoms with E-state index >= 15 is 8.78 Å². The molecule has 0 amide bonds. The Morgan fingerprint density at radius 3 is 1.89 bits per heavy atom. The molecule has 202 valence electrons. The number of benzene rings is 3. The summed E-state index contributed by atoms with van der Waals surface area (Å²) < 4.78 is 44.4.